The van der Waals surface area contributed by atoms with E-state index in [0.29, 0.717) is 17.2 Å². The summed E-state index contributed by atoms with van der Waals surface area (Å²) >= 11 is 0. The van der Waals surface area contributed by atoms with Crippen molar-refractivity contribution in [2.45, 2.75) is 45.3 Å². The number of pyridine rings is 1. The lowest BCUT2D eigenvalue weighted by atomic mass is 10.0. The molecule has 6 nitrogen and oxygen atoms in total. The number of hydrogen-bond donors (Lipinski definition) is 2. The van der Waals surface area contributed by atoms with Gasteiger partial charge in [-0.15, -0.1) is 0 Å². The summed E-state index contributed by atoms with van der Waals surface area (Å²) in [5.74, 6) is 0.529. The number of hydrogen-bond acceptors (Lipinski definition) is 5. The van der Waals surface area contributed by atoms with Crippen LogP contribution < -0.4 is 10.9 Å². The topological polar surface area (TPSA) is 80.0 Å². The molecule has 6 heteroatoms. The van der Waals surface area contributed by atoms with Crippen LogP contribution in [0.3, 0.4) is 0 Å². The fraction of sp³-hybridized carbons (Fsp3) is 0.381. The molecular formula is C21H24N4O2. The predicted molar refractivity (Wildman–Crippen MR) is 107 cm³/mol. The SMILES string of the molecule is CNc1nc(C)c2cc(-c3cccc(CO)c3)c(=O)n(C3CCCC3)c2n1. The van der Waals surface area contributed by atoms with Crippen molar-refractivity contribution in [3.63, 3.8) is 0 Å². The Labute approximate surface area is 157 Å². The molecule has 1 aromatic carbocycles. The van der Waals surface area contributed by atoms with Crippen LogP contribution in [-0.2, 0) is 6.61 Å². The molecule has 1 aliphatic rings. The molecule has 0 atom stereocenters. The van der Waals surface area contributed by atoms with Crippen LogP contribution in [0.4, 0.5) is 5.95 Å². The number of nitrogens with one attached hydrogen (secondary N) is 1. The Morgan fingerprint density at radius 1 is 1.22 bits per heavy atom. The first-order valence-corrected chi connectivity index (χ1v) is 9.44. The summed E-state index contributed by atoms with van der Waals surface area (Å²) in [6, 6.07) is 9.58. The minimum absolute atomic E-state index is 0.0235. The molecule has 3 aromatic rings. The third-order valence-electron chi connectivity index (χ3n) is 5.42. The second-order valence-corrected chi connectivity index (χ2v) is 7.15. The molecule has 0 unspecified atom stereocenters. The van der Waals surface area contributed by atoms with Gasteiger partial charge in [-0.2, -0.15) is 4.98 Å². The summed E-state index contributed by atoms with van der Waals surface area (Å²) in [6.45, 7) is 1.90. The molecule has 1 saturated carbocycles. The second-order valence-electron chi connectivity index (χ2n) is 7.15. The zero-order valence-electron chi connectivity index (χ0n) is 15.7. The van der Waals surface area contributed by atoms with Gasteiger partial charge in [0.15, 0.2) is 0 Å². The van der Waals surface area contributed by atoms with Crippen LogP contribution in [0.15, 0.2) is 35.1 Å². The van der Waals surface area contributed by atoms with Gasteiger partial charge in [-0.1, -0.05) is 31.0 Å². The largest absolute Gasteiger partial charge is 0.392 e. The fourth-order valence-electron chi connectivity index (χ4n) is 4.01. The van der Waals surface area contributed by atoms with E-state index in [4.69, 9.17) is 0 Å². The molecular weight excluding hydrogens is 340 g/mol. The smallest absolute Gasteiger partial charge is 0.260 e. The van der Waals surface area contributed by atoms with E-state index in [1.54, 1.807) is 7.05 Å². The zero-order chi connectivity index (χ0) is 19.0. The van der Waals surface area contributed by atoms with Crippen LogP contribution in [0.1, 0.15) is 43.0 Å². The molecule has 27 heavy (non-hydrogen) atoms. The Kier molecular flexibility index (Phi) is 4.66. The average molecular weight is 364 g/mol. The molecule has 2 heterocycles. The van der Waals surface area contributed by atoms with Gasteiger partial charge in [-0.25, -0.2) is 4.98 Å². The van der Waals surface area contributed by atoms with E-state index < -0.39 is 0 Å². The summed E-state index contributed by atoms with van der Waals surface area (Å²) in [5.41, 5.74) is 3.76. The lowest BCUT2D eigenvalue weighted by Crippen LogP contribution is -2.26. The standard InChI is InChI=1S/C21H24N4O2/c1-13-17-11-18(15-7-5-6-14(10-15)12-26)20(27)25(16-8-3-4-9-16)19(17)24-21(22-2)23-13/h5-7,10-11,16,26H,3-4,8-9,12H2,1-2H3,(H,22,23,24). The molecule has 0 radical (unpaired) electrons. The van der Waals surface area contributed by atoms with E-state index >= 15 is 0 Å². The van der Waals surface area contributed by atoms with Gasteiger partial charge in [-0.05, 0) is 43.0 Å². The first kappa shape index (κ1) is 17.7. The molecule has 0 amide bonds. The Hall–Kier alpha value is -2.73. The molecule has 2 N–H and O–H groups in total. The lowest BCUT2D eigenvalue weighted by molar-refractivity contribution is 0.282. The predicted octanol–water partition coefficient (Wildman–Crippen LogP) is 3.42. The van der Waals surface area contributed by atoms with Crippen LogP contribution in [0.25, 0.3) is 22.2 Å². The average Bonchev–Trinajstić information content (AvgIpc) is 3.21. The maximum atomic E-state index is 13.5. The Morgan fingerprint density at radius 3 is 2.70 bits per heavy atom. The molecule has 2 aromatic heterocycles. The van der Waals surface area contributed by atoms with Crippen molar-refractivity contribution >= 4 is 17.0 Å². The van der Waals surface area contributed by atoms with Gasteiger partial charge in [0.2, 0.25) is 5.95 Å². The molecule has 1 aliphatic carbocycles. The highest BCUT2D eigenvalue weighted by atomic mass is 16.3. The monoisotopic (exact) mass is 364 g/mol. The van der Waals surface area contributed by atoms with Crippen molar-refractivity contribution in [1.29, 1.82) is 0 Å². The number of aliphatic hydroxyl groups is 1. The van der Waals surface area contributed by atoms with Crippen molar-refractivity contribution in [3.05, 3.63) is 51.9 Å². The molecule has 1 fully saturated rings. The zero-order valence-corrected chi connectivity index (χ0v) is 15.7. The summed E-state index contributed by atoms with van der Waals surface area (Å²) in [5, 5.41) is 13.4. The number of fused-ring (bicyclic) bond motifs is 1. The van der Waals surface area contributed by atoms with Crippen LogP contribution >= 0.6 is 0 Å². The molecule has 0 bridgehead atoms. The summed E-state index contributed by atoms with van der Waals surface area (Å²) < 4.78 is 1.87. The van der Waals surface area contributed by atoms with E-state index in [0.717, 1.165) is 47.9 Å². The van der Waals surface area contributed by atoms with Gasteiger partial charge >= 0.3 is 0 Å². The molecule has 0 spiro atoms. The van der Waals surface area contributed by atoms with Gasteiger partial charge in [0.05, 0.1) is 12.3 Å². The maximum absolute atomic E-state index is 13.5. The van der Waals surface area contributed by atoms with Crippen LogP contribution in [0.5, 0.6) is 0 Å². The van der Waals surface area contributed by atoms with E-state index in [-0.39, 0.29) is 18.2 Å². The number of rotatable bonds is 4. The Balaban J connectivity index is 2.04. The van der Waals surface area contributed by atoms with E-state index in [9.17, 15) is 9.90 Å². The van der Waals surface area contributed by atoms with Gasteiger partial charge < -0.3 is 10.4 Å². The molecule has 4 rings (SSSR count). The van der Waals surface area contributed by atoms with Crippen molar-refractivity contribution in [3.8, 4) is 11.1 Å². The number of nitrogens with zero attached hydrogens (tertiary/aromatic N) is 3. The summed E-state index contributed by atoms with van der Waals surface area (Å²) in [7, 11) is 1.79. The number of aliphatic hydroxyl groups excluding tert-OH is 1. The van der Waals surface area contributed by atoms with Crippen LogP contribution in [0, 0.1) is 6.92 Å². The van der Waals surface area contributed by atoms with Crippen LogP contribution in [0.2, 0.25) is 0 Å². The van der Waals surface area contributed by atoms with Gasteiger partial charge in [0.1, 0.15) is 5.65 Å². The minimum Gasteiger partial charge on any atom is -0.392 e. The highest BCUT2D eigenvalue weighted by molar-refractivity contribution is 5.84. The lowest BCUT2D eigenvalue weighted by Gasteiger charge is -2.19. The molecule has 140 valence electrons. The van der Waals surface area contributed by atoms with E-state index in [1.807, 2.05) is 41.8 Å². The van der Waals surface area contributed by atoms with E-state index in [1.165, 1.54) is 0 Å². The van der Waals surface area contributed by atoms with Gasteiger partial charge in [0, 0.05) is 24.0 Å². The Bertz CT molecular complexity index is 1050. The number of benzene rings is 1. The first-order valence-electron chi connectivity index (χ1n) is 9.44. The van der Waals surface area contributed by atoms with Crippen molar-refractivity contribution < 1.29 is 5.11 Å². The first-order chi connectivity index (χ1) is 13.1. The van der Waals surface area contributed by atoms with Crippen molar-refractivity contribution in [1.82, 2.24) is 14.5 Å². The third kappa shape index (κ3) is 3.10. The van der Waals surface area contributed by atoms with Crippen molar-refractivity contribution in [2.24, 2.45) is 0 Å². The fourth-order valence-corrected chi connectivity index (χ4v) is 4.01. The summed E-state index contributed by atoms with van der Waals surface area (Å²) in [4.78, 5) is 22.6. The third-order valence-corrected chi connectivity index (χ3v) is 5.42. The summed E-state index contributed by atoms with van der Waals surface area (Å²) in [6.07, 6.45) is 4.25. The van der Waals surface area contributed by atoms with Crippen molar-refractivity contribution in [2.75, 3.05) is 12.4 Å². The minimum atomic E-state index is -0.0497. The second kappa shape index (κ2) is 7.12. The van der Waals surface area contributed by atoms with Gasteiger partial charge in [-0.3, -0.25) is 9.36 Å². The molecule has 0 aliphatic heterocycles. The van der Waals surface area contributed by atoms with E-state index in [2.05, 4.69) is 15.3 Å². The number of aryl methyl sites for hydroxylation is 1. The highest BCUT2D eigenvalue weighted by Gasteiger charge is 2.24. The highest BCUT2D eigenvalue weighted by Crippen LogP contribution is 2.32. The quantitative estimate of drug-likeness (QED) is 0.741. The van der Waals surface area contributed by atoms with Gasteiger partial charge in [0.25, 0.3) is 5.56 Å². The maximum Gasteiger partial charge on any atom is 0.260 e. The number of anilines is 1. The number of aromatic nitrogens is 3. The van der Waals surface area contributed by atoms with Crippen LogP contribution in [-0.4, -0.2) is 26.7 Å². The molecule has 0 saturated heterocycles. The Morgan fingerprint density at radius 2 is 2.00 bits per heavy atom. The normalized spacial score (nSPS) is 14.8.